The van der Waals surface area contributed by atoms with Crippen LogP contribution in [0.2, 0.25) is 0 Å². The average molecular weight is 669 g/mol. The second-order valence-corrected chi connectivity index (χ2v) is 14.3. The molecular formula is C36H48N2O10. The lowest BCUT2D eigenvalue weighted by molar-refractivity contribution is -0.140. The normalized spacial score (nSPS) is 37.8. The number of esters is 2. The first-order chi connectivity index (χ1) is 23.0. The van der Waals surface area contributed by atoms with Gasteiger partial charge in [-0.15, -0.1) is 0 Å². The summed E-state index contributed by atoms with van der Waals surface area (Å²) in [6, 6.07) is 0. The second-order valence-electron chi connectivity index (χ2n) is 14.3. The molecule has 0 aromatic carbocycles. The molecular weight excluding hydrogens is 620 g/mol. The summed E-state index contributed by atoms with van der Waals surface area (Å²) in [5.41, 5.74) is 2.51. The van der Waals surface area contributed by atoms with Crippen LogP contribution in [0.15, 0.2) is 47.6 Å². The van der Waals surface area contributed by atoms with Crippen molar-refractivity contribution in [2.75, 3.05) is 26.3 Å². The van der Waals surface area contributed by atoms with Gasteiger partial charge in [-0.3, -0.25) is 0 Å². The predicted octanol–water partition coefficient (Wildman–Crippen LogP) is 4.73. The van der Waals surface area contributed by atoms with E-state index in [2.05, 4.69) is 35.9 Å². The van der Waals surface area contributed by atoms with E-state index in [0.717, 1.165) is 36.8 Å². The molecule has 12 nitrogen and oxygen atoms in total. The summed E-state index contributed by atoms with van der Waals surface area (Å²) in [7, 11) is 0. The summed E-state index contributed by atoms with van der Waals surface area (Å²) in [6.45, 7) is 13.1. The SMILES string of the molecule is C=C1C(=O)O[C@H]2[C@H]1CC/C(CNC(=O)OCCCCOC(=O)NC/C1=C/CC[C@@]3(C)O[C@H]3[C@H]3OC(=O)C(=C)[C@@H]3CC1)=C\CC[C@@]1(C)O[C@@H]21. The maximum Gasteiger partial charge on any atom is 0.407 e. The van der Waals surface area contributed by atoms with Gasteiger partial charge in [0.05, 0.1) is 24.4 Å². The van der Waals surface area contributed by atoms with Crippen LogP contribution < -0.4 is 10.6 Å². The molecule has 2 aliphatic carbocycles. The summed E-state index contributed by atoms with van der Waals surface area (Å²) < 4.78 is 33.8. The molecule has 8 atom stereocenters. The third kappa shape index (κ3) is 7.64. The van der Waals surface area contributed by atoms with Gasteiger partial charge in [-0.25, -0.2) is 19.2 Å². The van der Waals surface area contributed by atoms with Crippen LogP contribution in [0.1, 0.15) is 78.1 Å². The van der Waals surface area contributed by atoms with Gasteiger partial charge in [0, 0.05) is 36.1 Å². The molecule has 0 radical (unpaired) electrons. The highest BCUT2D eigenvalue weighted by Gasteiger charge is 2.62. The Morgan fingerprint density at radius 3 is 1.60 bits per heavy atom. The van der Waals surface area contributed by atoms with E-state index in [9.17, 15) is 19.2 Å². The molecule has 0 spiro atoms. The molecule has 2 N–H and O–H groups in total. The van der Waals surface area contributed by atoms with E-state index in [4.69, 9.17) is 28.4 Å². The number of rotatable bonds is 9. The Kier molecular flexibility index (Phi) is 10.0. The molecule has 262 valence electrons. The van der Waals surface area contributed by atoms with Crippen LogP contribution >= 0.6 is 0 Å². The number of epoxide rings is 2. The molecule has 0 aromatic heterocycles. The number of carbonyl (C=O) groups is 4. The fourth-order valence-corrected chi connectivity index (χ4v) is 7.57. The maximum absolute atomic E-state index is 12.4. The van der Waals surface area contributed by atoms with Gasteiger partial charge in [0.1, 0.15) is 24.4 Å². The highest BCUT2D eigenvalue weighted by atomic mass is 16.7. The number of hydrogen-bond acceptors (Lipinski definition) is 10. The van der Waals surface area contributed by atoms with Crippen LogP contribution in [0.4, 0.5) is 9.59 Å². The van der Waals surface area contributed by atoms with Crippen molar-refractivity contribution in [3.63, 3.8) is 0 Å². The minimum absolute atomic E-state index is 0.0886. The van der Waals surface area contributed by atoms with Crippen molar-refractivity contribution in [2.45, 2.75) is 114 Å². The molecule has 2 amide bonds. The van der Waals surface area contributed by atoms with E-state index >= 15 is 0 Å². The lowest BCUT2D eigenvalue weighted by Gasteiger charge is -2.20. The fraction of sp³-hybridized carbons (Fsp3) is 0.667. The molecule has 48 heavy (non-hydrogen) atoms. The summed E-state index contributed by atoms with van der Waals surface area (Å²) in [6.07, 6.45) is 9.62. The van der Waals surface area contributed by atoms with Crippen molar-refractivity contribution in [3.8, 4) is 0 Å². The summed E-state index contributed by atoms with van der Waals surface area (Å²) >= 11 is 0. The summed E-state index contributed by atoms with van der Waals surface area (Å²) in [5.74, 6) is -0.880. The Morgan fingerprint density at radius 1 is 0.771 bits per heavy atom. The van der Waals surface area contributed by atoms with E-state index in [1.54, 1.807) is 0 Å². The highest BCUT2D eigenvalue weighted by Crippen LogP contribution is 2.51. The van der Waals surface area contributed by atoms with Crippen molar-refractivity contribution in [1.82, 2.24) is 10.6 Å². The minimum atomic E-state index is -0.508. The average Bonchev–Trinajstić information content (AvgIpc) is 3.86. The van der Waals surface area contributed by atoms with Gasteiger partial charge in [-0.1, -0.05) is 36.5 Å². The fourth-order valence-electron chi connectivity index (χ4n) is 7.57. The standard InChI is InChI=1S/C36H48N2O10/c1-21-25-13-11-23(9-7-15-35(3)29(47-35)27(25)45-31(21)39)19-37-33(41)43-17-5-6-18-44-34(42)38-20-24-10-8-16-36(4)30(48-36)28-26(14-12-24)22(2)32(40)46-28/h9-10,25-30H,1-2,5-8,11-20H2,3-4H3,(H,37,41)(H,38,42)/b23-9+,24-10+/t25-,26-,27-,28-,29-,30-,35+,36+/m0/s1. The number of carbonyl (C=O) groups excluding carboxylic acids is 4. The van der Waals surface area contributed by atoms with Gasteiger partial charge >= 0.3 is 24.1 Å². The predicted molar refractivity (Wildman–Crippen MR) is 173 cm³/mol. The Morgan fingerprint density at radius 2 is 1.19 bits per heavy atom. The van der Waals surface area contributed by atoms with Gasteiger partial charge in [-0.05, 0) is 78.1 Å². The molecule has 4 aliphatic heterocycles. The largest absolute Gasteiger partial charge is 0.455 e. The van der Waals surface area contributed by atoms with Gasteiger partial charge in [0.25, 0.3) is 0 Å². The van der Waals surface area contributed by atoms with E-state index in [1.165, 1.54) is 0 Å². The molecule has 0 aromatic rings. The first kappa shape index (κ1) is 34.2. The Hall–Kier alpha value is -3.64. The molecule has 0 bridgehead atoms. The van der Waals surface area contributed by atoms with Gasteiger partial charge < -0.3 is 39.1 Å². The zero-order valence-electron chi connectivity index (χ0n) is 28.0. The number of fused-ring (bicyclic) bond motifs is 6. The molecule has 4 heterocycles. The van der Waals surface area contributed by atoms with Gasteiger partial charge in [0.2, 0.25) is 0 Å². The van der Waals surface area contributed by atoms with Crippen molar-refractivity contribution in [2.24, 2.45) is 11.8 Å². The van der Waals surface area contributed by atoms with E-state index < -0.39 is 12.2 Å². The lowest BCUT2D eigenvalue weighted by Crippen LogP contribution is -2.30. The molecule has 6 aliphatic rings. The number of amides is 2. The van der Waals surface area contributed by atoms with Crippen LogP contribution in [0.25, 0.3) is 0 Å². The summed E-state index contributed by atoms with van der Waals surface area (Å²) in [5, 5.41) is 5.65. The molecule has 4 fully saturated rings. The quantitative estimate of drug-likeness (QED) is 0.0880. The highest BCUT2D eigenvalue weighted by molar-refractivity contribution is 5.91. The van der Waals surface area contributed by atoms with Crippen LogP contribution in [0.3, 0.4) is 0 Å². The number of alkyl carbamates (subject to hydrolysis) is 2. The molecule has 6 rings (SSSR count). The zero-order valence-corrected chi connectivity index (χ0v) is 28.0. The van der Waals surface area contributed by atoms with E-state index in [0.29, 0.717) is 62.8 Å². The van der Waals surface area contributed by atoms with Crippen molar-refractivity contribution < 1.29 is 47.6 Å². The first-order valence-corrected chi connectivity index (χ1v) is 17.3. The number of hydrogen-bond donors (Lipinski definition) is 2. The first-order valence-electron chi connectivity index (χ1n) is 17.3. The molecule has 4 saturated heterocycles. The third-order valence-corrected chi connectivity index (χ3v) is 10.8. The maximum atomic E-state index is 12.4. The van der Waals surface area contributed by atoms with Gasteiger partial charge in [0.15, 0.2) is 0 Å². The van der Waals surface area contributed by atoms with Crippen molar-refractivity contribution in [1.29, 1.82) is 0 Å². The Labute approximate surface area is 281 Å². The number of unbranched alkanes of at least 4 members (excludes halogenated alkanes) is 1. The topological polar surface area (TPSA) is 154 Å². The van der Waals surface area contributed by atoms with Crippen LogP contribution in [0, 0.1) is 11.8 Å². The number of allylic oxidation sites excluding steroid dienone is 2. The Bertz CT molecular complexity index is 1300. The van der Waals surface area contributed by atoms with E-state index in [1.807, 2.05) is 13.8 Å². The van der Waals surface area contributed by atoms with Crippen molar-refractivity contribution in [3.05, 3.63) is 47.6 Å². The molecule has 0 unspecified atom stereocenters. The summed E-state index contributed by atoms with van der Waals surface area (Å²) in [4.78, 5) is 49.1. The number of ether oxygens (including phenoxy) is 6. The van der Waals surface area contributed by atoms with Crippen LogP contribution in [0.5, 0.6) is 0 Å². The van der Waals surface area contributed by atoms with Crippen LogP contribution in [-0.4, -0.2) is 86.0 Å². The molecule has 12 heteroatoms. The number of nitrogens with one attached hydrogen (secondary N) is 2. The van der Waals surface area contributed by atoms with Crippen molar-refractivity contribution >= 4 is 24.1 Å². The lowest BCUT2D eigenvalue weighted by atomic mass is 9.84. The Balaban J connectivity index is 0.849. The second kappa shape index (κ2) is 14.1. The molecule has 0 saturated carbocycles. The van der Waals surface area contributed by atoms with Crippen LogP contribution in [-0.2, 0) is 38.0 Å². The van der Waals surface area contributed by atoms with Gasteiger partial charge in [-0.2, -0.15) is 0 Å². The van der Waals surface area contributed by atoms with E-state index in [-0.39, 0.29) is 72.6 Å². The monoisotopic (exact) mass is 668 g/mol. The minimum Gasteiger partial charge on any atom is -0.455 e. The third-order valence-electron chi connectivity index (χ3n) is 10.8. The zero-order chi connectivity index (χ0) is 34.1. The smallest absolute Gasteiger partial charge is 0.407 e.